The van der Waals surface area contributed by atoms with Crippen LogP contribution in [-0.2, 0) is 10.2 Å². The van der Waals surface area contributed by atoms with Crippen molar-refractivity contribution in [3.63, 3.8) is 0 Å². The van der Waals surface area contributed by atoms with E-state index in [0.717, 1.165) is 0 Å². The zero-order valence-corrected chi connectivity index (χ0v) is 7.62. The van der Waals surface area contributed by atoms with Crippen molar-refractivity contribution in [2.24, 2.45) is 0 Å². The first kappa shape index (κ1) is 8.55. The van der Waals surface area contributed by atoms with Gasteiger partial charge in [-0.15, -0.1) is 0 Å². The second-order valence-electron chi connectivity index (χ2n) is 3.26. The van der Waals surface area contributed by atoms with Crippen LogP contribution in [0.2, 0.25) is 0 Å². The molecule has 0 atom stereocenters. The van der Waals surface area contributed by atoms with Crippen molar-refractivity contribution in [3.8, 4) is 0 Å². The van der Waals surface area contributed by atoms with Crippen molar-refractivity contribution in [2.45, 2.75) is 26.3 Å². The number of rotatable bonds is 0. The van der Waals surface area contributed by atoms with Crippen LogP contribution in [0, 0.1) is 0 Å². The maximum absolute atomic E-state index is 11.0. The van der Waals surface area contributed by atoms with E-state index >= 15 is 0 Å². The lowest BCUT2D eigenvalue weighted by Crippen LogP contribution is -2.51. The van der Waals surface area contributed by atoms with Crippen molar-refractivity contribution in [3.05, 3.63) is 11.8 Å². The summed E-state index contributed by atoms with van der Waals surface area (Å²) in [5.74, 6) is 0. The largest absolute Gasteiger partial charge is 0.299 e. The third kappa shape index (κ3) is 2.20. The highest BCUT2D eigenvalue weighted by molar-refractivity contribution is 7.87. The molecule has 0 fully saturated rings. The average molecular weight is 176 g/mol. The third-order valence-corrected chi connectivity index (χ3v) is 2.66. The van der Waals surface area contributed by atoms with Crippen LogP contribution in [0.3, 0.4) is 0 Å². The molecular weight excluding hydrogens is 164 g/mol. The Morgan fingerprint density at radius 3 is 2.36 bits per heavy atom. The normalized spacial score (nSPS) is 27.0. The monoisotopic (exact) mass is 176 g/mol. The molecule has 1 heterocycles. The van der Waals surface area contributed by atoms with Gasteiger partial charge >= 0.3 is 0 Å². The molecule has 0 radical (unpaired) electrons. The Kier molecular flexibility index (Phi) is 1.72. The molecule has 0 saturated heterocycles. The second kappa shape index (κ2) is 2.22. The Bertz CT molecular complexity index is 290. The lowest BCUT2D eigenvalue weighted by molar-refractivity contribution is 0.508. The average Bonchev–Trinajstić information content (AvgIpc) is 1.49. The van der Waals surface area contributed by atoms with Crippen molar-refractivity contribution in [1.82, 2.24) is 9.44 Å². The van der Waals surface area contributed by atoms with Gasteiger partial charge in [-0.1, -0.05) is 0 Å². The van der Waals surface area contributed by atoms with E-state index in [0.29, 0.717) is 5.70 Å². The Morgan fingerprint density at radius 2 is 2.00 bits per heavy atom. The highest BCUT2D eigenvalue weighted by atomic mass is 32.2. The number of hydrogen-bond acceptors (Lipinski definition) is 2. The zero-order valence-electron chi connectivity index (χ0n) is 6.80. The molecule has 0 aliphatic carbocycles. The van der Waals surface area contributed by atoms with Gasteiger partial charge in [-0.25, -0.2) is 0 Å². The van der Waals surface area contributed by atoms with E-state index < -0.39 is 15.7 Å². The molecule has 0 aromatic rings. The molecule has 0 bridgehead atoms. The van der Waals surface area contributed by atoms with Crippen molar-refractivity contribution < 1.29 is 8.42 Å². The third-order valence-electron chi connectivity index (χ3n) is 1.27. The van der Waals surface area contributed by atoms with Crippen LogP contribution in [0.4, 0.5) is 0 Å². The highest BCUT2D eigenvalue weighted by Gasteiger charge is 2.27. The molecule has 0 unspecified atom stereocenters. The number of allylic oxidation sites excluding steroid dienone is 1. The minimum atomic E-state index is -3.31. The van der Waals surface area contributed by atoms with E-state index in [4.69, 9.17) is 0 Å². The molecule has 0 aromatic heterocycles. The van der Waals surface area contributed by atoms with Gasteiger partial charge in [0.05, 0.1) is 0 Å². The summed E-state index contributed by atoms with van der Waals surface area (Å²) in [6.07, 6.45) is 1.83. The van der Waals surface area contributed by atoms with E-state index in [1.165, 1.54) is 0 Å². The second-order valence-corrected chi connectivity index (χ2v) is 4.67. The Labute approximate surface area is 66.9 Å². The first-order valence-electron chi connectivity index (χ1n) is 3.32. The lowest BCUT2D eigenvalue weighted by atomic mass is 10.1. The zero-order chi connectivity index (χ0) is 8.70. The molecule has 64 valence electrons. The molecule has 11 heavy (non-hydrogen) atoms. The van der Waals surface area contributed by atoms with Gasteiger partial charge in [0.2, 0.25) is 0 Å². The summed E-state index contributed by atoms with van der Waals surface area (Å²) in [5.41, 5.74) is 0.183. The summed E-state index contributed by atoms with van der Waals surface area (Å²) in [7, 11) is -3.31. The molecule has 0 amide bonds. The van der Waals surface area contributed by atoms with Gasteiger partial charge < -0.3 is 0 Å². The first-order valence-corrected chi connectivity index (χ1v) is 4.80. The van der Waals surface area contributed by atoms with Crippen LogP contribution in [0.25, 0.3) is 0 Å². The SMILES string of the molecule is CC1=CC(C)(C)NS(=O)(=O)N1. The standard InChI is InChI=1S/C6H12N2O2S/c1-5-4-6(2,3)8-11(9,10)7-5/h4,7-8H,1-3H3. The smallest absolute Gasteiger partial charge is 0.275 e. The van der Waals surface area contributed by atoms with Crippen molar-refractivity contribution >= 4 is 10.2 Å². The van der Waals surface area contributed by atoms with E-state index in [1.807, 2.05) is 6.08 Å². The molecule has 2 N–H and O–H groups in total. The summed E-state index contributed by atoms with van der Waals surface area (Å²) in [6, 6.07) is 0. The highest BCUT2D eigenvalue weighted by Crippen LogP contribution is 2.12. The topological polar surface area (TPSA) is 58.2 Å². The molecule has 1 rings (SSSR count). The molecule has 1 aliphatic heterocycles. The van der Waals surface area contributed by atoms with Crippen LogP contribution >= 0.6 is 0 Å². The van der Waals surface area contributed by atoms with Gasteiger partial charge in [0.25, 0.3) is 10.2 Å². The summed E-state index contributed by atoms with van der Waals surface area (Å²) in [4.78, 5) is 0. The molecule has 5 heteroatoms. The predicted molar refractivity (Wildman–Crippen MR) is 43.0 cm³/mol. The van der Waals surface area contributed by atoms with Gasteiger partial charge in [0, 0.05) is 11.2 Å². The van der Waals surface area contributed by atoms with E-state index in [-0.39, 0.29) is 0 Å². The fourth-order valence-corrected chi connectivity index (χ4v) is 2.47. The molecule has 4 nitrogen and oxygen atoms in total. The van der Waals surface area contributed by atoms with E-state index in [2.05, 4.69) is 9.44 Å². The fourth-order valence-electron chi connectivity index (χ4n) is 1.18. The Morgan fingerprint density at radius 1 is 1.45 bits per heavy atom. The maximum atomic E-state index is 11.0. The number of nitrogens with one attached hydrogen (secondary N) is 2. The van der Waals surface area contributed by atoms with Crippen LogP contribution < -0.4 is 9.44 Å². The summed E-state index contributed by atoms with van der Waals surface area (Å²) in [5, 5.41) is 0. The molecule has 0 spiro atoms. The van der Waals surface area contributed by atoms with Crippen LogP contribution in [0.15, 0.2) is 11.8 Å². The fraction of sp³-hybridized carbons (Fsp3) is 0.667. The van der Waals surface area contributed by atoms with Gasteiger partial charge in [-0.2, -0.15) is 13.1 Å². The molecule has 1 aliphatic rings. The molecular formula is C6H12N2O2S. The lowest BCUT2D eigenvalue weighted by Gasteiger charge is -2.28. The van der Waals surface area contributed by atoms with E-state index in [9.17, 15) is 8.42 Å². The Hall–Kier alpha value is -0.550. The Balaban J connectivity index is 3.05. The van der Waals surface area contributed by atoms with Gasteiger partial charge in [-0.05, 0) is 26.8 Å². The van der Waals surface area contributed by atoms with Gasteiger partial charge in [0.15, 0.2) is 0 Å². The quantitative estimate of drug-likeness (QED) is 0.550. The van der Waals surface area contributed by atoms with Gasteiger partial charge in [-0.3, -0.25) is 4.72 Å². The molecule has 0 aromatic carbocycles. The summed E-state index contributed by atoms with van der Waals surface area (Å²) >= 11 is 0. The van der Waals surface area contributed by atoms with Crippen LogP contribution in [-0.4, -0.2) is 14.0 Å². The molecule has 0 saturated carbocycles. The minimum absolute atomic E-state index is 0.478. The summed E-state index contributed by atoms with van der Waals surface area (Å²) in [6.45, 7) is 5.32. The van der Waals surface area contributed by atoms with Crippen molar-refractivity contribution in [1.29, 1.82) is 0 Å². The minimum Gasteiger partial charge on any atom is -0.275 e. The van der Waals surface area contributed by atoms with Crippen LogP contribution in [0.1, 0.15) is 20.8 Å². The maximum Gasteiger partial charge on any atom is 0.299 e. The summed E-state index contributed by atoms with van der Waals surface area (Å²) < 4.78 is 26.8. The number of hydrogen-bond donors (Lipinski definition) is 2. The first-order chi connectivity index (χ1) is 4.81. The van der Waals surface area contributed by atoms with Crippen LogP contribution in [0.5, 0.6) is 0 Å². The predicted octanol–water partition coefficient (Wildman–Crippen LogP) is 0.106. The van der Waals surface area contributed by atoms with E-state index in [1.54, 1.807) is 20.8 Å². The van der Waals surface area contributed by atoms with Gasteiger partial charge in [0.1, 0.15) is 0 Å². The van der Waals surface area contributed by atoms with Crippen molar-refractivity contribution in [2.75, 3.05) is 0 Å².